The molecule has 0 atom stereocenters. The normalized spacial score (nSPS) is 13.1. The largest absolute Gasteiger partial charge is 0.398 e. The van der Waals surface area contributed by atoms with Crippen molar-refractivity contribution in [2.24, 2.45) is 0 Å². The fourth-order valence-corrected chi connectivity index (χ4v) is 3.63. The minimum atomic E-state index is -0.322. The van der Waals surface area contributed by atoms with E-state index < -0.39 is 0 Å². The van der Waals surface area contributed by atoms with Gasteiger partial charge in [-0.3, -0.25) is 14.5 Å². The zero-order chi connectivity index (χ0) is 19.0. The standard InChI is InChI=1S/C23H20N2O2/c1-25-22(26)19-17(12-15-8-4-2-5-9-15)14-18(21(24)20(19)23(25)27)13-16-10-6-3-7-11-16/h2-11,14H,12-13,24H2,1H3. The zero-order valence-corrected chi connectivity index (χ0v) is 15.1. The number of carbonyl (C=O) groups excluding carboxylic acids is 2. The Kier molecular flexibility index (Phi) is 4.24. The Labute approximate surface area is 158 Å². The molecule has 1 heterocycles. The molecule has 2 amide bonds. The smallest absolute Gasteiger partial charge is 0.263 e. The van der Waals surface area contributed by atoms with Gasteiger partial charge >= 0.3 is 0 Å². The molecule has 134 valence electrons. The Balaban J connectivity index is 1.86. The van der Waals surface area contributed by atoms with Crippen LogP contribution in [0.5, 0.6) is 0 Å². The van der Waals surface area contributed by atoms with Crippen LogP contribution in [-0.4, -0.2) is 23.8 Å². The van der Waals surface area contributed by atoms with Crippen LogP contribution in [-0.2, 0) is 12.8 Å². The molecular formula is C23H20N2O2. The van der Waals surface area contributed by atoms with E-state index in [4.69, 9.17) is 5.73 Å². The highest BCUT2D eigenvalue weighted by atomic mass is 16.2. The first kappa shape index (κ1) is 17.0. The van der Waals surface area contributed by atoms with Gasteiger partial charge in [0.1, 0.15) is 0 Å². The van der Waals surface area contributed by atoms with Crippen LogP contribution in [0.2, 0.25) is 0 Å². The third-order valence-electron chi connectivity index (χ3n) is 5.05. The van der Waals surface area contributed by atoms with E-state index in [2.05, 4.69) is 0 Å². The number of carbonyl (C=O) groups is 2. The Morgan fingerprint density at radius 2 is 1.22 bits per heavy atom. The van der Waals surface area contributed by atoms with Crippen LogP contribution in [0, 0.1) is 0 Å². The van der Waals surface area contributed by atoms with Gasteiger partial charge in [0.2, 0.25) is 0 Å². The van der Waals surface area contributed by atoms with Crippen molar-refractivity contribution in [2.75, 3.05) is 12.8 Å². The van der Waals surface area contributed by atoms with Gasteiger partial charge in [-0.25, -0.2) is 0 Å². The molecule has 1 aliphatic rings. The van der Waals surface area contributed by atoms with Crippen LogP contribution in [0.1, 0.15) is 43.0 Å². The van der Waals surface area contributed by atoms with Gasteiger partial charge < -0.3 is 5.73 Å². The molecule has 4 rings (SSSR count). The van der Waals surface area contributed by atoms with E-state index >= 15 is 0 Å². The van der Waals surface area contributed by atoms with E-state index in [1.54, 1.807) is 0 Å². The number of nitrogens with two attached hydrogens (primary N) is 1. The molecule has 1 aliphatic heterocycles. The minimum Gasteiger partial charge on any atom is -0.398 e. The van der Waals surface area contributed by atoms with Crippen molar-refractivity contribution >= 4 is 17.5 Å². The molecule has 4 heteroatoms. The number of nitrogen functional groups attached to an aromatic ring is 1. The van der Waals surface area contributed by atoms with Crippen LogP contribution in [0.25, 0.3) is 0 Å². The summed E-state index contributed by atoms with van der Waals surface area (Å²) in [7, 11) is 1.51. The number of fused-ring (bicyclic) bond motifs is 1. The highest BCUT2D eigenvalue weighted by molar-refractivity contribution is 6.24. The lowest BCUT2D eigenvalue weighted by atomic mass is 9.90. The lowest BCUT2D eigenvalue weighted by molar-refractivity contribution is 0.0693. The third kappa shape index (κ3) is 2.99. The topological polar surface area (TPSA) is 63.4 Å². The maximum Gasteiger partial charge on any atom is 0.263 e. The highest BCUT2D eigenvalue weighted by Gasteiger charge is 2.37. The number of anilines is 1. The van der Waals surface area contributed by atoms with Crippen LogP contribution < -0.4 is 5.73 Å². The molecule has 4 nitrogen and oxygen atoms in total. The number of amides is 2. The predicted octanol–water partition coefficient (Wildman–Crippen LogP) is 3.68. The second-order valence-electron chi connectivity index (χ2n) is 6.85. The zero-order valence-electron chi connectivity index (χ0n) is 15.1. The monoisotopic (exact) mass is 356 g/mol. The fraction of sp³-hybridized carbons (Fsp3) is 0.130. The molecule has 0 saturated carbocycles. The second kappa shape index (κ2) is 6.72. The first-order valence-electron chi connectivity index (χ1n) is 8.90. The van der Waals surface area contributed by atoms with Gasteiger partial charge in [0.05, 0.1) is 11.1 Å². The van der Waals surface area contributed by atoms with Gasteiger partial charge in [-0.15, -0.1) is 0 Å². The molecule has 0 unspecified atom stereocenters. The van der Waals surface area contributed by atoms with Crippen molar-refractivity contribution in [1.29, 1.82) is 0 Å². The molecule has 0 fully saturated rings. The molecule has 0 radical (unpaired) electrons. The summed E-state index contributed by atoms with van der Waals surface area (Å²) in [6.07, 6.45) is 1.20. The van der Waals surface area contributed by atoms with Gasteiger partial charge in [-0.2, -0.15) is 0 Å². The summed E-state index contributed by atoms with van der Waals surface area (Å²) in [5.74, 6) is -0.601. The van der Waals surface area contributed by atoms with Crippen LogP contribution in [0.15, 0.2) is 66.7 Å². The Bertz CT molecular complexity index is 1030. The van der Waals surface area contributed by atoms with Gasteiger partial charge in [0, 0.05) is 12.7 Å². The third-order valence-corrected chi connectivity index (χ3v) is 5.05. The molecular weight excluding hydrogens is 336 g/mol. The molecule has 3 aromatic carbocycles. The summed E-state index contributed by atoms with van der Waals surface area (Å²) in [6, 6.07) is 21.9. The average molecular weight is 356 g/mol. The fourth-order valence-electron chi connectivity index (χ4n) is 3.63. The van der Waals surface area contributed by atoms with E-state index in [1.165, 1.54) is 7.05 Å². The number of benzene rings is 3. The van der Waals surface area contributed by atoms with Crippen molar-refractivity contribution in [2.45, 2.75) is 12.8 Å². The summed E-state index contributed by atoms with van der Waals surface area (Å²) in [5.41, 5.74) is 11.5. The lowest BCUT2D eigenvalue weighted by Crippen LogP contribution is -2.24. The number of hydrogen-bond donors (Lipinski definition) is 1. The van der Waals surface area contributed by atoms with Gasteiger partial charge in [0.15, 0.2) is 0 Å². The maximum atomic E-state index is 12.7. The number of rotatable bonds is 4. The van der Waals surface area contributed by atoms with Crippen molar-refractivity contribution < 1.29 is 9.59 Å². The predicted molar refractivity (Wildman–Crippen MR) is 106 cm³/mol. The summed E-state index contributed by atoms with van der Waals surface area (Å²) in [5, 5.41) is 0. The SMILES string of the molecule is CN1C(=O)c2c(Cc3ccccc3)cc(Cc3ccccc3)c(N)c2C1=O. The van der Waals surface area contributed by atoms with E-state index in [0.29, 0.717) is 29.7 Å². The highest BCUT2D eigenvalue weighted by Crippen LogP contribution is 2.34. The molecule has 0 bridgehead atoms. The van der Waals surface area contributed by atoms with E-state index in [0.717, 1.165) is 27.2 Å². The van der Waals surface area contributed by atoms with Crippen molar-refractivity contribution in [1.82, 2.24) is 4.90 Å². The van der Waals surface area contributed by atoms with Crippen LogP contribution in [0.4, 0.5) is 5.69 Å². The quantitative estimate of drug-likeness (QED) is 0.573. The molecule has 0 saturated heterocycles. The summed E-state index contributed by atoms with van der Waals surface area (Å²) in [4.78, 5) is 26.5. The number of nitrogens with zero attached hydrogens (tertiary/aromatic N) is 1. The molecule has 0 aliphatic carbocycles. The molecule has 0 spiro atoms. The van der Waals surface area contributed by atoms with E-state index in [1.807, 2.05) is 66.7 Å². The van der Waals surface area contributed by atoms with E-state index in [-0.39, 0.29) is 11.8 Å². The van der Waals surface area contributed by atoms with Gasteiger partial charge in [0.25, 0.3) is 11.8 Å². The van der Waals surface area contributed by atoms with Crippen LogP contribution >= 0.6 is 0 Å². The first-order chi connectivity index (χ1) is 13.1. The summed E-state index contributed by atoms with van der Waals surface area (Å²) < 4.78 is 0. The first-order valence-corrected chi connectivity index (χ1v) is 8.90. The van der Waals surface area contributed by atoms with Crippen molar-refractivity contribution in [3.05, 3.63) is 100 Å². The Morgan fingerprint density at radius 3 is 1.78 bits per heavy atom. The maximum absolute atomic E-state index is 12.7. The Hall–Kier alpha value is -3.40. The lowest BCUT2D eigenvalue weighted by Gasteiger charge is -2.14. The summed E-state index contributed by atoms with van der Waals surface area (Å²) in [6.45, 7) is 0. The average Bonchev–Trinajstić information content (AvgIpc) is 2.92. The van der Waals surface area contributed by atoms with Gasteiger partial charge in [-0.1, -0.05) is 66.7 Å². The number of imide groups is 1. The van der Waals surface area contributed by atoms with Crippen LogP contribution in [0.3, 0.4) is 0 Å². The molecule has 2 N–H and O–H groups in total. The summed E-state index contributed by atoms with van der Waals surface area (Å²) >= 11 is 0. The molecule has 0 aromatic heterocycles. The minimum absolute atomic E-state index is 0.279. The Morgan fingerprint density at radius 1 is 0.741 bits per heavy atom. The van der Waals surface area contributed by atoms with Gasteiger partial charge in [-0.05, 0) is 35.1 Å². The molecule has 27 heavy (non-hydrogen) atoms. The molecule has 3 aromatic rings. The van der Waals surface area contributed by atoms with Crippen molar-refractivity contribution in [3.63, 3.8) is 0 Å². The number of hydrogen-bond acceptors (Lipinski definition) is 3. The second-order valence-corrected chi connectivity index (χ2v) is 6.85. The van der Waals surface area contributed by atoms with E-state index in [9.17, 15) is 9.59 Å². The van der Waals surface area contributed by atoms with Crippen molar-refractivity contribution in [3.8, 4) is 0 Å².